The zero-order valence-electron chi connectivity index (χ0n) is 21.3. The number of H-pyrrole nitrogens is 1. The molecule has 3 aromatic carbocycles. The third-order valence-electron chi connectivity index (χ3n) is 7.13. The number of hydrogen-bond donors (Lipinski definition) is 1. The van der Waals surface area contributed by atoms with Crippen molar-refractivity contribution in [2.45, 2.75) is 25.4 Å². The number of benzene rings is 3. The van der Waals surface area contributed by atoms with Gasteiger partial charge in [0.25, 0.3) is 5.56 Å². The number of rotatable bonds is 7. The van der Waals surface area contributed by atoms with E-state index in [0.29, 0.717) is 29.2 Å². The van der Waals surface area contributed by atoms with Crippen molar-refractivity contribution in [1.29, 1.82) is 0 Å². The minimum Gasteiger partial charge on any atom is -0.497 e. The molecule has 1 N–H and O–H groups in total. The molecule has 2 aromatic heterocycles. The number of aromatic nitrogens is 5. The highest BCUT2D eigenvalue weighted by molar-refractivity contribution is 5.81. The smallest absolute Gasteiger partial charge is 0.254 e. The lowest BCUT2D eigenvalue weighted by Crippen LogP contribution is -2.38. The van der Waals surface area contributed by atoms with Crippen molar-refractivity contribution in [3.8, 4) is 11.5 Å². The van der Waals surface area contributed by atoms with E-state index in [9.17, 15) is 4.79 Å². The standard InChI is InChI=1S/C29H28N6O3/c1-37-22-12-9-19(10-13-22)18-35-28(31-32-33-35)27(34-15-5-7-20-6-3-4-8-26(20)34)24-16-21-11-14-23(38-2)17-25(21)30-29(24)36/h3-4,6,8-14,16-17,27H,5,7,15,18H2,1-2H3,(H,30,36). The van der Waals surface area contributed by atoms with Crippen molar-refractivity contribution >= 4 is 16.6 Å². The molecule has 0 fully saturated rings. The van der Waals surface area contributed by atoms with Crippen molar-refractivity contribution in [3.05, 3.63) is 106 Å². The number of anilines is 1. The van der Waals surface area contributed by atoms with Crippen molar-refractivity contribution in [1.82, 2.24) is 25.2 Å². The molecule has 5 aromatic rings. The summed E-state index contributed by atoms with van der Waals surface area (Å²) >= 11 is 0. The van der Waals surface area contributed by atoms with Gasteiger partial charge in [-0.15, -0.1) is 5.10 Å². The summed E-state index contributed by atoms with van der Waals surface area (Å²) < 4.78 is 12.4. The Morgan fingerprint density at radius 2 is 1.76 bits per heavy atom. The first-order valence-electron chi connectivity index (χ1n) is 12.6. The summed E-state index contributed by atoms with van der Waals surface area (Å²) in [6.45, 7) is 1.23. The number of nitrogens with zero attached hydrogens (tertiary/aromatic N) is 5. The van der Waals surface area contributed by atoms with Gasteiger partial charge in [-0.25, -0.2) is 4.68 Å². The number of nitrogens with one attached hydrogen (secondary N) is 1. The molecule has 0 aliphatic carbocycles. The molecule has 0 spiro atoms. The van der Waals surface area contributed by atoms with Gasteiger partial charge in [0.05, 0.1) is 26.3 Å². The Labute approximate surface area is 219 Å². The van der Waals surface area contributed by atoms with Gasteiger partial charge in [0.15, 0.2) is 5.82 Å². The maximum Gasteiger partial charge on any atom is 0.254 e. The van der Waals surface area contributed by atoms with E-state index in [1.807, 2.05) is 54.6 Å². The van der Waals surface area contributed by atoms with Crippen LogP contribution in [-0.4, -0.2) is 46.0 Å². The molecule has 9 heteroatoms. The van der Waals surface area contributed by atoms with E-state index in [-0.39, 0.29) is 5.56 Å². The summed E-state index contributed by atoms with van der Waals surface area (Å²) in [6, 6.07) is 23.3. The molecule has 0 bridgehead atoms. The zero-order chi connectivity index (χ0) is 26.1. The van der Waals surface area contributed by atoms with E-state index in [0.717, 1.165) is 41.8 Å². The van der Waals surface area contributed by atoms with E-state index in [1.165, 1.54) is 5.56 Å². The number of ether oxygens (including phenoxy) is 2. The number of aryl methyl sites for hydroxylation is 1. The van der Waals surface area contributed by atoms with Crippen LogP contribution in [0.2, 0.25) is 0 Å². The zero-order valence-corrected chi connectivity index (χ0v) is 21.3. The van der Waals surface area contributed by atoms with Crippen molar-refractivity contribution < 1.29 is 9.47 Å². The lowest BCUT2D eigenvalue weighted by atomic mass is 9.96. The first-order chi connectivity index (χ1) is 18.6. The number of aromatic amines is 1. The van der Waals surface area contributed by atoms with Gasteiger partial charge >= 0.3 is 0 Å². The topological polar surface area (TPSA) is 98.2 Å². The van der Waals surface area contributed by atoms with Crippen molar-refractivity contribution in [2.75, 3.05) is 25.7 Å². The van der Waals surface area contributed by atoms with E-state index < -0.39 is 6.04 Å². The van der Waals surface area contributed by atoms with Gasteiger partial charge in [0.2, 0.25) is 0 Å². The molecule has 0 saturated heterocycles. The van der Waals surface area contributed by atoms with Gasteiger partial charge in [-0.3, -0.25) is 4.79 Å². The second-order valence-electron chi connectivity index (χ2n) is 9.38. The number of methoxy groups -OCH3 is 2. The van der Waals surface area contributed by atoms with E-state index in [4.69, 9.17) is 9.47 Å². The minimum absolute atomic E-state index is 0.183. The van der Waals surface area contributed by atoms with Crippen LogP contribution in [0.5, 0.6) is 11.5 Å². The van der Waals surface area contributed by atoms with Gasteiger partial charge in [-0.2, -0.15) is 0 Å². The summed E-state index contributed by atoms with van der Waals surface area (Å²) in [6.07, 6.45) is 1.96. The van der Waals surface area contributed by atoms with E-state index in [2.05, 4.69) is 43.6 Å². The molecule has 1 aliphatic heterocycles. The molecule has 0 amide bonds. The van der Waals surface area contributed by atoms with Gasteiger partial charge in [-0.1, -0.05) is 30.3 Å². The summed E-state index contributed by atoms with van der Waals surface area (Å²) in [5.41, 5.74) is 4.49. The third kappa shape index (κ3) is 4.36. The van der Waals surface area contributed by atoms with Crippen LogP contribution in [0.1, 0.15) is 35.0 Å². The molecular weight excluding hydrogens is 480 g/mol. The first kappa shape index (κ1) is 23.7. The maximum absolute atomic E-state index is 13.6. The second kappa shape index (κ2) is 10.0. The number of hydrogen-bond acceptors (Lipinski definition) is 7. The normalized spacial score (nSPS) is 13.8. The average Bonchev–Trinajstić information content (AvgIpc) is 3.41. The van der Waals surface area contributed by atoms with Crippen LogP contribution in [0.4, 0.5) is 5.69 Å². The summed E-state index contributed by atoms with van der Waals surface area (Å²) in [7, 11) is 3.26. The SMILES string of the molecule is COc1ccc(Cn2nnnc2C(c2cc3ccc(OC)cc3[nH]c2=O)N2CCCc3ccccc32)cc1. The molecule has 0 radical (unpaired) electrons. The summed E-state index contributed by atoms with van der Waals surface area (Å²) in [4.78, 5) is 19.0. The van der Waals surface area contributed by atoms with Gasteiger partial charge in [0.1, 0.15) is 17.5 Å². The van der Waals surface area contributed by atoms with Crippen LogP contribution in [0.3, 0.4) is 0 Å². The van der Waals surface area contributed by atoms with Crippen molar-refractivity contribution in [3.63, 3.8) is 0 Å². The van der Waals surface area contributed by atoms with Gasteiger partial charge in [0, 0.05) is 23.9 Å². The number of fused-ring (bicyclic) bond motifs is 2. The van der Waals surface area contributed by atoms with Gasteiger partial charge < -0.3 is 19.4 Å². The Kier molecular flexibility index (Phi) is 6.25. The Balaban J connectivity index is 1.50. The number of pyridine rings is 1. The molecule has 6 rings (SSSR count). The van der Waals surface area contributed by atoms with Crippen LogP contribution in [0.25, 0.3) is 10.9 Å². The Bertz CT molecular complexity index is 1640. The lowest BCUT2D eigenvalue weighted by Gasteiger charge is -2.37. The predicted octanol–water partition coefficient (Wildman–Crippen LogP) is 4.12. The quantitative estimate of drug-likeness (QED) is 0.353. The summed E-state index contributed by atoms with van der Waals surface area (Å²) in [5, 5.41) is 13.8. The molecule has 1 atom stereocenters. The maximum atomic E-state index is 13.6. The molecule has 3 heterocycles. The molecule has 0 saturated carbocycles. The first-order valence-corrected chi connectivity index (χ1v) is 12.6. The minimum atomic E-state index is -0.486. The van der Waals surface area contributed by atoms with Crippen LogP contribution in [0.15, 0.2) is 77.6 Å². The number of tetrazole rings is 1. The fourth-order valence-electron chi connectivity index (χ4n) is 5.23. The monoisotopic (exact) mass is 508 g/mol. The summed E-state index contributed by atoms with van der Waals surface area (Å²) in [5.74, 6) is 2.08. The van der Waals surface area contributed by atoms with Crippen LogP contribution in [0, 0.1) is 0 Å². The highest BCUT2D eigenvalue weighted by Crippen LogP contribution is 2.37. The van der Waals surface area contributed by atoms with Crippen LogP contribution in [-0.2, 0) is 13.0 Å². The predicted molar refractivity (Wildman–Crippen MR) is 145 cm³/mol. The fourth-order valence-corrected chi connectivity index (χ4v) is 5.23. The lowest BCUT2D eigenvalue weighted by molar-refractivity contribution is 0.414. The van der Waals surface area contributed by atoms with Crippen molar-refractivity contribution in [2.24, 2.45) is 0 Å². The fraction of sp³-hybridized carbons (Fsp3) is 0.241. The van der Waals surface area contributed by atoms with E-state index >= 15 is 0 Å². The molecule has 9 nitrogen and oxygen atoms in total. The third-order valence-corrected chi connectivity index (χ3v) is 7.13. The van der Waals surface area contributed by atoms with Crippen LogP contribution >= 0.6 is 0 Å². The largest absolute Gasteiger partial charge is 0.497 e. The van der Waals surface area contributed by atoms with E-state index in [1.54, 1.807) is 18.9 Å². The molecule has 1 unspecified atom stereocenters. The Morgan fingerprint density at radius 1 is 0.974 bits per heavy atom. The molecule has 38 heavy (non-hydrogen) atoms. The highest BCUT2D eigenvalue weighted by Gasteiger charge is 2.33. The number of para-hydroxylation sites is 1. The Morgan fingerprint density at radius 3 is 2.58 bits per heavy atom. The molecule has 1 aliphatic rings. The highest BCUT2D eigenvalue weighted by atomic mass is 16.5. The average molecular weight is 509 g/mol. The second-order valence-corrected chi connectivity index (χ2v) is 9.38. The van der Waals surface area contributed by atoms with Gasteiger partial charge in [-0.05, 0) is 76.2 Å². The molecular formula is C29H28N6O3. The van der Waals surface area contributed by atoms with Crippen LogP contribution < -0.4 is 19.9 Å². The Hall–Kier alpha value is -4.66. The molecule has 192 valence electrons.